The van der Waals surface area contributed by atoms with Crippen molar-refractivity contribution < 1.29 is 22.7 Å². The Morgan fingerprint density at radius 2 is 1.80 bits per heavy atom. The average Bonchev–Trinajstić information content (AvgIpc) is 3.15. The number of aromatic hydroxyl groups is 1. The third-order valence-corrected chi connectivity index (χ3v) is 5.69. The molecule has 0 bridgehead atoms. The summed E-state index contributed by atoms with van der Waals surface area (Å²) in [5.41, 5.74) is -1.20. The van der Waals surface area contributed by atoms with Crippen LogP contribution in [0.25, 0.3) is 10.4 Å². The van der Waals surface area contributed by atoms with Crippen molar-refractivity contribution in [2.75, 3.05) is 0 Å². The van der Waals surface area contributed by atoms with E-state index in [1.807, 2.05) is 0 Å². The molecule has 2 aromatic carbocycles. The van der Waals surface area contributed by atoms with Crippen LogP contribution in [0.15, 0.2) is 53.5 Å². The standard InChI is InChI=1S/C20H12Cl2F4N2OS/c21-10-1-3-13(22)14(7-10)28-15(9-19(27)20(24,25)26)18-6-5-17(30-18)12-8-11(23)2-4-16(12)29/h1-8,27,29H,9H2. The average molecular weight is 475 g/mol. The number of benzene rings is 2. The zero-order valence-electron chi connectivity index (χ0n) is 14.9. The van der Waals surface area contributed by atoms with Crippen LogP contribution in [0.1, 0.15) is 11.3 Å². The Morgan fingerprint density at radius 3 is 2.50 bits per heavy atom. The minimum atomic E-state index is -4.82. The van der Waals surface area contributed by atoms with Crippen LogP contribution < -0.4 is 0 Å². The van der Waals surface area contributed by atoms with Gasteiger partial charge < -0.3 is 10.5 Å². The number of nitrogens with one attached hydrogen (secondary N) is 1. The molecule has 3 nitrogen and oxygen atoms in total. The highest BCUT2D eigenvalue weighted by atomic mass is 35.5. The molecule has 0 saturated heterocycles. The van der Waals surface area contributed by atoms with Crippen molar-refractivity contribution in [3.05, 3.63) is 69.3 Å². The van der Waals surface area contributed by atoms with E-state index in [0.717, 1.165) is 23.5 Å². The predicted molar refractivity (Wildman–Crippen MR) is 112 cm³/mol. The lowest BCUT2D eigenvalue weighted by Gasteiger charge is -2.10. The molecule has 2 N–H and O–H groups in total. The summed E-state index contributed by atoms with van der Waals surface area (Å²) in [5, 5.41) is 17.8. The van der Waals surface area contributed by atoms with Crippen molar-refractivity contribution >= 4 is 51.6 Å². The second-order valence-corrected chi connectivity index (χ2v) is 8.06. The van der Waals surface area contributed by atoms with Crippen molar-refractivity contribution in [1.29, 1.82) is 5.41 Å². The van der Waals surface area contributed by atoms with Gasteiger partial charge in [0.1, 0.15) is 17.3 Å². The molecule has 3 rings (SSSR count). The van der Waals surface area contributed by atoms with Crippen LogP contribution >= 0.6 is 34.5 Å². The third-order valence-electron chi connectivity index (χ3n) is 3.96. The number of nitrogens with zero attached hydrogens (tertiary/aromatic N) is 1. The first-order valence-corrected chi connectivity index (χ1v) is 9.88. The first kappa shape index (κ1) is 22.3. The number of phenols is 1. The smallest absolute Gasteiger partial charge is 0.429 e. The van der Waals surface area contributed by atoms with Crippen LogP contribution in [0.2, 0.25) is 10.0 Å². The van der Waals surface area contributed by atoms with Gasteiger partial charge in [-0.25, -0.2) is 9.38 Å². The molecular formula is C20H12Cl2F4N2OS. The Balaban J connectivity index is 2.08. The van der Waals surface area contributed by atoms with E-state index in [2.05, 4.69) is 4.99 Å². The van der Waals surface area contributed by atoms with Gasteiger partial charge >= 0.3 is 6.18 Å². The molecule has 1 heterocycles. The quantitative estimate of drug-likeness (QED) is 0.289. The molecule has 0 atom stereocenters. The van der Waals surface area contributed by atoms with Crippen LogP contribution in [0.3, 0.4) is 0 Å². The summed E-state index contributed by atoms with van der Waals surface area (Å²) in [6, 6.07) is 10.8. The second kappa shape index (κ2) is 8.75. The molecule has 10 heteroatoms. The van der Waals surface area contributed by atoms with E-state index >= 15 is 0 Å². The summed E-state index contributed by atoms with van der Waals surface area (Å²) < 4.78 is 52.5. The molecule has 30 heavy (non-hydrogen) atoms. The first-order chi connectivity index (χ1) is 14.0. The molecule has 0 fully saturated rings. The van der Waals surface area contributed by atoms with Gasteiger partial charge in [-0.05, 0) is 48.5 Å². The van der Waals surface area contributed by atoms with Gasteiger partial charge in [-0.1, -0.05) is 23.2 Å². The van der Waals surface area contributed by atoms with Gasteiger partial charge in [0.25, 0.3) is 0 Å². The van der Waals surface area contributed by atoms with Gasteiger partial charge in [0.15, 0.2) is 0 Å². The summed E-state index contributed by atoms with van der Waals surface area (Å²) in [7, 11) is 0. The number of phenolic OH excluding ortho intramolecular Hbond substituents is 1. The van der Waals surface area contributed by atoms with E-state index in [0.29, 0.717) is 14.8 Å². The fourth-order valence-corrected chi connectivity index (χ4v) is 3.85. The van der Waals surface area contributed by atoms with Gasteiger partial charge in [-0.3, -0.25) is 0 Å². The maximum Gasteiger partial charge on any atom is 0.429 e. The van der Waals surface area contributed by atoms with Crippen molar-refractivity contribution in [2.24, 2.45) is 4.99 Å². The Kier molecular flexibility index (Phi) is 6.50. The van der Waals surface area contributed by atoms with Crippen LogP contribution in [0.5, 0.6) is 5.75 Å². The van der Waals surface area contributed by atoms with E-state index in [1.165, 1.54) is 36.4 Å². The molecule has 0 aliphatic rings. The molecular weight excluding hydrogens is 463 g/mol. The molecule has 3 aromatic rings. The Hall–Kier alpha value is -2.42. The SMILES string of the molecule is N=C(CC(=Nc1cc(Cl)ccc1Cl)c1ccc(-c2cc(F)ccc2O)s1)C(F)(F)F. The summed E-state index contributed by atoms with van der Waals surface area (Å²) in [5.74, 6) is -0.750. The minimum absolute atomic E-state index is 0.0614. The highest BCUT2D eigenvalue weighted by molar-refractivity contribution is 7.17. The summed E-state index contributed by atoms with van der Waals surface area (Å²) in [4.78, 5) is 4.95. The Labute approximate surface area is 182 Å². The highest BCUT2D eigenvalue weighted by Crippen LogP contribution is 2.37. The monoisotopic (exact) mass is 474 g/mol. The lowest BCUT2D eigenvalue weighted by Crippen LogP contribution is -2.24. The van der Waals surface area contributed by atoms with Crippen LogP contribution in [-0.2, 0) is 0 Å². The molecule has 0 amide bonds. The largest absolute Gasteiger partial charge is 0.507 e. The molecule has 0 radical (unpaired) electrons. The van der Waals surface area contributed by atoms with Crippen molar-refractivity contribution in [2.45, 2.75) is 12.6 Å². The van der Waals surface area contributed by atoms with E-state index < -0.39 is 24.1 Å². The van der Waals surface area contributed by atoms with Gasteiger partial charge in [0, 0.05) is 26.8 Å². The van der Waals surface area contributed by atoms with E-state index in [1.54, 1.807) is 0 Å². The molecule has 1 aromatic heterocycles. The number of alkyl halides is 3. The number of aliphatic imine (C=N–C) groups is 1. The van der Waals surface area contributed by atoms with Gasteiger partial charge in [0.2, 0.25) is 0 Å². The molecule has 0 spiro atoms. The van der Waals surface area contributed by atoms with Crippen molar-refractivity contribution in [3.63, 3.8) is 0 Å². The molecule has 0 unspecified atom stereocenters. The van der Waals surface area contributed by atoms with E-state index in [-0.39, 0.29) is 27.7 Å². The van der Waals surface area contributed by atoms with E-state index in [4.69, 9.17) is 28.6 Å². The minimum Gasteiger partial charge on any atom is -0.507 e. The topological polar surface area (TPSA) is 56.4 Å². The lowest BCUT2D eigenvalue weighted by atomic mass is 10.1. The number of halogens is 6. The van der Waals surface area contributed by atoms with Gasteiger partial charge in [-0.2, -0.15) is 13.2 Å². The molecule has 0 saturated carbocycles. The Bertz CT molecular complexity index is 1140. The fraction of sp³-hybridized carbons (Fsp3) is 0.100. The zero-order valence-corrected chi connectivity index (χ0v) is 17.2. The third kappa shape index (κ3) is 5.19. The predicted octanol–water partition coefficient (Wildman–Crippen LogP) is 7.66. The highest BCUT2D eigenvalue weighted by Gasteiger charge is 2.35. The summed E-state index contributed by atoms with van der Waals surface area (Å²) in [6.07, 6.45) is -5.62. The molecule has 0 aliphatic carbocycles. The van der Waals surface area contributed by atoms with Crippen LogP contribution in [-0.4, -0.2) is 22.7 Å². The van der Waals surface area contributed by atoms with Gasteiger partial charge in [-0.15, -0.1) is 11.3 Å². The number of rotatable bonds is 5. The maximum atomic E-state index is 13.6. The van der Waals surface area contributed by atoms with Gasteiger partial charge in [0.05, 0.1) is 16.4 Å². The van der Waals surface area contributed by atoms with Crippen molar-refractivity contribution in [3.8, 4) is 16.2 Å². The fourth-order valence-electron chi connectivity index (χ4n) is 2.51. The molecule has 156 valence electrons. The lowest BCUT2D eigenvalue weighted by molar-refractivity contribution is -0.0605. The van der Waals surface area contributed by atoms with Crippen molar-refractivity contribution in [1.82, 2.24) is 0 Å². The van der Waals surface area contributed by atoms with Crippen LogP contribution in [0.4, 0.5) is 23.2 Å². The Morgan fingerprint density at radius 1 is 1.07 bits per heavy atom. The molecule has 0 aliphatic heterocycles. The number of hydrogen-bond acceptors (Lipinski definition) is 4. The first-order valence-electron chi connectivity index (χ1n) is 8.31. The normalized spacial score (nSPS) is 12.3. The number of hydrogen-bond donors (Lipinski definition) is 2. The number of thiophene rings is 1. The zero-order chi connectivity index (χ0) is 22.1. The van der Waals surface area contributed by atoms with E-state index in [9.17, 15) is 22.7 Å². The summed E-state index contributed by atoms with van der Waals surface area (Å²) in [6.45, 7) is 0. The summed E-state index contributed by atoms with van der Waals surface area (Å²) >= 11 is 13.0. The van der Waals surface area contributed by atoms with Crippen LogP contribution in [0, 0.1) is 11.2 Å². The maximum absolute atomic E-state index is 13.6. The second-order valence-electron chi connectivity index (χ2n) is 6.13.